The highest BCUT2D eigenvalue weighted by Gasteiger charge is 2.14. The van der Waals surface area contributed by atoms with Crippen LogP contribution >= 0.6 is 0 Å². The number of aromatic nitrogens is 3. The van der Waals surface area contributed by atoms with Crippen molar-refractivity contribution in [3.8, 4) is 17.1 Å². The molecule has 0 aliphatic rings. The quantitative estimate of drug-likeness (QED) is 0.520. The first-order chi connectivity index (χ1) is 13.2. The van der Waals surface area contributed by atoms with Gasteiger partial charge in [0.15, 0.2) is 0 Å². The maximum atomic E-state index is 13.3. The largest absolute Gasteiger partial charge is 0.268 e. The molecule has 0 saturated carbocycles. The Kier molecular flexibility index (Phi) is 4.55. The van der Waals surface area contributed by atoms with Crippen molar-refractivity contribution < 1.29 is 0 Å². The number of pyridine rings is 1. The first-order valence-corrected chi connectivity index (χ1v) is 9.21. The lowest BCUT2D eigenvalue weighted by atomic mass is 9.98. The van der Waals surface area contributed by atoms with Crippen LogP contribution in [0.2, 0.25) is 0 Å². The third-order valence-corrected chi connectivity index (χ3v) is 5.03. The SMILES string of the molecule is CCC(C)c1ccc(-n2c(-c3cccnc3)nc3ccccc3c2=O)cc1. The van der Waals surface area contributed by atoms with Gasteiger partial charge in [0.1, 0.15) is 5.82 Å². The number of hydrogen-bond acceptors (Lipinski definition) is 3. The van der Waals surface area contributed by atoms with Gasteiger partial charge < -0.3 is 0 Å². The van der Waals surface area contributed by atoms with Crippen LogP contribution in [0.25, 0.3) is 28.0 Å². The Bertz CT molecular complexity index is 1130. The van der Waals surface area contributed by atoms with E-state index in [1.807, 2.05) is 48.5 Å². The van der Waals surface area contributed by atoms with Crippen LogP contribution < -0.4 is 5.56 Å². The van der Waals surface area contributed by atoms with E-state index in [0.717, 1.165) is 17.7 Å². The van der Waals surface area contributed by atoms with Gasteiger partial charge in [-0.1, -0.05) is 38.1 Å². The van der Waals surface area contributed by atoms with Crippen LogP contribution in [0, 0.1) is 0 Å². The van der Waals surface area contributed by atoms with Crippen LogP contribution in [0.5, 0.6) is 0 Å². The van der Waals surface area contributed by atoms with Gasteiger partial charge in [-0.25, -0.2) is 4.98 Å². The molecule has 2 aromatic heterocycles. The van der Waals surface area contributed by atoms with Crippen LogP contribution in [-0.4, -0.2) is 14.5 Å². The van der Waals surface area contributed by atoms with Gasteiger partial charge in [-0.05, 0) is 54.3 Å². The number of benzene rings is 2. The number of nitrogens with zero attached hydrogens (tertiary/aromatic N) is 3. The molecule has 0 fully saturated rings. The molecule has 4 heteroatoms. The second-order valence-electron chi connectivity index (χ2n) is 6.74. The smallest absolute Gasteiger partial charge is 0.266 e. The lowest BCUT2D eigenvalue weighted by molar-refractivity contribution is 0.733. The molecule has 1 atom stereocenters. The Morgan fingerprint density at radius 2 is 1.78 bits per heavy atom. The van der Waals surface area contributed by atoms with Crippen molar-refractivity contribution in [2.75, 3.05) is 0 Å². The molecule has 0 bridgehead atoms. The van der Waals surface area contributed by atoms with E-state index in [1.165, 1.54) is 5.56 Å². The van der Waals surface area contributed by atoms with Crippen molar-refractivity contribution in [3.63, 3.8) is 0 Å². The maximum Gasteiger partial charge on any atom is 0.266 e. The number of fused-ring (bicyclic) bond motifs is 1. The molecular formula is C23H21N3O. The molecule has 4 rings (SSSR count). The van der Waals surface area contributed by atoms with Crippen molar-refractivity contribution >= 4 is 10.9 Å². The molecule has 0 aliphatic carbocycles. The van der Waals surface area contributed by atoms with E-state index in [-0.39, 0.29) is 5.56 Å². The fraction of sp³-hybridized carbons (Fsp3) is 0.174. The highest BCUT2D eigenvalue weighted by atomic mass is 16.1. The Labute approximate surface area is 158 Å². The minimum atomic E-state index is -0.0734. The minimum Gasteiger partial charge on any atom is -0.268 e. The molecule has 27 heavy (non-hydrogen) atoms. The van der Waals surface area contributed by atoms with Crippen LogP contribution in [-0.2, 0) is 0 Å². The molecule has 0 radical (unpaired) electrons. The van der Waals surface area contributed by atoms with Gasteiger partial charge in [-0.3, -0.25) is 14.3 Å². The summed E-state index contributed by atoms with van der Waals surface area (Å²) < 4.78 is 1.68. The van der Waals surface area contributed by atoms with E-state index >= 15 is 0 Å². The number of rotatable bonds is 4. The van der Waals surface area contributed by atoms with E-state index in [4.69, 9.17) is 4.98 Å². The number of hydrogen-bond donors (Lipinski definition) is 0. The Morgan fingerprint density at radius 1 is 1.00 bits per heavy atom. The molecule has 2 aromatic carbocycles. The molecule has 0 amide bonds. The zero-order chi connectivity index (χ0) is 18.8. The molecule has 0 aliphatic heterocycles. The highest BCUT2D eigenvalue weighted by molar-refractivity contribution is 5.80. The predicted octanol–water partition coefficient (Wildman–Crippen LogP) is 4.96. The Balaban J connectivity index is 1.98. The van der Waals surface area contributed by atoms with E-state index in [9.17, 15) is 4.79 Å². The van der Waals surface area contributed by atoms with Gasteiger partial charge in [-0.15, -0.1) is 0 Å². The standard InChI is InChI=1S/C23H21N3O/c1-3-16(2)17-10-12-19(13-11-17)26-22(18-7-6-14-24-15-18)25-21-9-5-4-8-20(21)23(26)27/h4-16H,3H2,1-2H3. The zero-order valence-electron chi connectivity index (χ0n) is 15.5. The first kappa shape index (κ1) is 17.2. The lowest BCUT2D eigenvalue weighted by Crippen LogP contribution is -2.22. The molecular weight excluding hydrogens is 334 g/mol. The molecule has 0 spiro atoms. The maximum absolute atomic E-state index is 13.3. The van der Waals surface area contributed by atoms with Gasteiger partial charge in [0.25, 0.3) is 5.56 Å². The minimum absolute atomic E-state index is 0.0734. The van der Waals surface area contributed by atoms with Gasteiger partial charge in [0, 0.05) is 18.0 Å². The molecule has 0 saturated heterocycles. The van der Waals surface area contributed by atoms with Gasteiger partial charge >= 0.3 is 0 Å². The fourth-order valence-corrected chi connectivity index (χ4v) is 3.25. The summed E-state index contributed by atoms with van der Waals surface area (Å²) in [6, 6.07) is 19.4. The van der Waals surface area contributed by atoms with E-state index in [2.05, 4.69) is 31.0 Å². The van der Waals surface area contributed by atoms with Crippen LogP contribution in [0.1, 0.15) is 31.7 Å². The summed E-state index contributed by atoms with van der Waals surface area (Å²) in [4.78, 5) is 22.3. The fourth-order valence-electron chi connectivity index (χ4n) is 3.25. The summed E-state index contributed by atoms with van der Waals surface area (Å²) in [6.07, 6.45) is 4.53. The van der Waals surface area contributed by atoms with Crippen molar-refractivity contribution in [1.82, 2.24) is 14.5 Å². The number of para-hydroxylation sites is 1. The lowest BCUT2D eigenvalue weighted by Gasteiger charge is -2.15. The normalized spacial score (nSPS) is 12.2. The van der Waals surface area contributed by atoms with Gasteiger partial charge in [-0.2, -0.15) is 0 Å². The molecule has 4 aromatic rings. The molecule has 4 nitrogen and oxygen atoms in total. The zero-order valence-corrected chi connectivity index (χ0v) is 15.5. The monoisotopic (exact) mass is 355 g/mol. The average Bonchev–Trinajstić information content (AvgIpc) is 2.74. The van der Waals surface area contributed by atoms with Gasteiger partial charge in [0.05, 0.1) is 16.6 Å². The third-order valence-electron chi connectivity index (χ3n) is 5.03. The summed E-state index contributed by atoms with van der Waals surface area (Å²) >= 11 is 0. The summed E-state index contributed by atoms with van der Waals surface area (Å²) in [7, 11) is 0. The molecule has 2 heterocycles. The summed E-state index contributed by atoms with van der Waals surface area (Å²) in [5, 5.41) is 0.608. The van der Waals surface area contributed by atoms with Crippen LogP contribution in [0.15, 0.2) is 77.9 Å². The van der Waals surface area contributed by atoms with Crippen molar-refractivity contribution in [3.05, 3.63) is 89.0 Å². The second kappa shape index (κ2) is 7.16. The van der Waals surface area contributed by atoms with Gasteiger partial charge in [0.2, 0.25) is 0 Å². The Morgan fingerprint density at radius 3 is 2.48 bits per heavy atom. The predicted molar refractivity (Wildman–Crippen MR) is 109 cm³/mol. The Hall–Kier alpha value is -3.27. The van der Waals surface area contributed by atoms with Crippen LogP contribution in [0.3, 0.4) is 0 Å². The first-order valence-electron chi connectivity index (χ1n) is 9.21. The van der Waals surface area contributed by atoms with Crippen molar-refractivity contribution in [2.24, 2.45) is 0 Å². The summed E-state index contributed by atoms with van der Waals surface area (Å²) in [5.74, 6) is 1.09. The average molecular weight is 355 g/mol. The topological polar surface area (TPSA) is 47.8 Å². The molecule has 134 valence electrons. The van der Waals surface area contributed by atoms with E-state index < -0.39 is 0 Å². The highest BCUT2D eigenvalue weighted by Crippen LogP contribution is 2.24. The molecule has 0 N–H and O–H groups in total. The molecule has 1 unspecified atom stereocenters. The van der Waals surface area contributed by atoms with E-state index in [0.29, 0.717) is 22.6 Å². The van der Waals surface area contributed by atoms with Crippen LogP contribution in [0.4, 0.5) is 0 Å². The van der Waals surface area contributed by atoms with Crippen molar-refractivity contribution in [1.29, 1.82) is 0 Å². The van der Waals surface area contributed by atoms with E-state index in [1.54, 1.807) is 17.0 Å². The summed E-state index contributed by atoms with van der Waals surface area (Å²) in [5.41, 5.74) is 3.51. The summed E-state index contributed by atoms with van der Waals surface area (Å²) in [6.45, 7) is 4.39. The van der Waals surface area contributed by atoms with Crippen molar-refractivity contribution in [2.45, 2.75) is 26.2 Å². The second-order valence-corrected chi connectivity index (χ2v) is 6.74. The third kappa shape index (κ3) is 3.14.